The number of nitrogens with zero attached hydrogens (tertiary/aromatic N) is 2. The summed E-state index contributed by atoms with van der Waals surface area (Å²) in [6, 6.07) is 11.8. The highest BCUT2D eigenvalue weighted by Crippen LogP contribution is 2.23. The van der Waals surface area contributed by atoms with Gasteiger partial charge in [-0.25, -0.2) is 4.79 Å². The molecule has 3 atom stereocenters. The number of benzene rings is 2. The monoisotopic (exact) mass is 582 g/mol. The number of fused-ring (bicyclic) bond motifs is 2. The van der Waals surface area contributed by atoms with Crippen molar-refractivity contribution < 1.29 is 29.1 Å². The summed E-state index contributed by atoms with van der Waals surface area (Å²) in [4.78, 5) is 68.6. The fraction of sp³-hybridized carbons (Fsp3) is 0.321. The molecule has 1 aliphatic heterocycles. The smallest absolute Gasteiger partial charge is 0.326 e. The van der Waals surface area contributed by atoms with Gasteiger partial charge in [-0.2, -0.15) is 25.3 Å². The number of carboxylic acids is 1. The van der Waals surface area contributed by atoms with E-state index in [1.54, 1.807) is 30.5 Å². The first-order valence-electron chi connectivity index (χ1n) is 12.7. The van der Waals surface area contributed by atoms with Gasteiger partial charge in [0.15, 0.2) is 0 Å². The molecular formula is C28H30N4O6S2. The van der Waals surface area contributed by atoms with Crippen molar-refractivity contribution in [2.75, 3.05) is 19.3 Å². The third-order valence-corrected chi connectivity index (χ3v) is 7.88. The first-order valence-corrected chi connectivity index (χ1v) is 13.9. The molecule has 4 rings (SSSR count). The van der Waals surface area contributed by atoms with Gasteiger partial charge in [0.1, 0.15) is 12.1 Å². The molecule has 2 heterocycles. The van der Waals surface area contributed by atoms with Crippen LogP contribution in [0.5, 0.6) is 0 Å². The van der Waals surface area contributed by atoms with Crippen molar-refractivity contribution >= 4 is 65.8 Å². The predicted octanol–water partition coefficient (Wildman–Crippen LogP) is 2.41. The molecule has 2 aromatic carbocycles. The zero-order valence-electron chi connectivity index (χ0n) is 21.7. The highest BCUT2D eigenvalue weighted by atomic mass is 32.1. The molecule has 40 heavy (non-hydrogen) atoms. The summed E-state index contributed by atoms with van der Waals surface area (Å²) >= 11 is 8.55. The minimum atomic E-state index is -1.18. The van der Waals surface area contributed by atoms with Crippen LogP contribution in [-0.4, -0.2) is 86.2 Å². The number of imide groups is 1. The Balaban J connectivity index is 1.32. The summed E-state index contributed by atoms with van der Waals surface area (Å²) in [5, 5.41) is 12.6. The number of hydrogen-bond donors (Lipinski definition) is 5. The second-order valence-corrected chi connectivity index (χ2v) is 10.6. The van der Waals surface area contributed by atoms with E-state index >= 15 is 0 Å². The molecule has 3 N–H and O–H groups in total. The quantitative estimate of drug-likeness (QED) is 0.164. The molecule has 4 amide bonds. The molecule has 12 heteroatoms. The fourth-order valence-electron chi connectivity index (χ4n) is 4.77. The van der Waals surface area contributed by atoms with Gasteiger partial charge in [0.05, 0.1) is 16.4 Å². The van der Waals surface area contributed by atoms with Crippen molar-refractivity contribution in [3.05, 3.63) is 71.4 Å². The third-order valence-electron chi connectivity index (χ3n) is 7.03. The van der Waals surface area contributed by atoms with E-state index in [0.29, 0.717) is 17.5 Å². The molecule has 0 saturated carbocycles. The standard InChI is InChI=1S/C28H30N4O6S2/c1-31(22(28(37)38)13-16-14-29-20-10-5-4-7-17(16)20)27(36)21(15-39)30-24(33)23(40)11-6-12-32-25(34)18-8-2-3-9-19(18)26(32)35/h2-5,7-10,14,21-23,29,39-40H,6,11-13,15H2,1H3,(H,30,33)(H,37,38)/t21-,22+,23+/m1/s1. The number of carboxylic acid groups (broad SMARTS) is 1. The van der Waals surface area contributed by atoms with Crippen LogP contribution in [0.15, 0.2) is 54.7 Å². The highest BCUT2D eigenvalue weighted by Gasteiger charge is 2.35. The van der Waals surface area contributed by atoms with Crippen LogP contribution in [0.3, 0.4) is 0 Å². The lowest BCUT2D eigenvalue weighted by atomic mass is 10.0. The number of carbonyl (C=O) groups is 5. The molecule has 3 aromatic rings. The van der Waals surface area contributed by atoms with Gasteiger partial charge in [-0.05, 0) is 36.6 Å². The minimum Gasteiger partial charge on any atom is -0.480 e. The van der Waals surface area contributed by atoms with E-state index < -0.39 is 35.1 Å². The lowest BCUT2D eigenvalue weighted by molar-refractivity contribution is -0.149. The van der Waals surface area contributed by atoms with E-state index in [1.807, 2.05) is 24.3 Å². The van der Waals surface area contributed by atoms with E-state index in [9.17, 15) is 29.1 Å². The summed E-state index contributed by atoms with van der Waals surface area (Å²) < 4.78 is 0. The van der Waals surface area contributed by atoms with E-state index in [0.717, 1.165) is 26.3 Å². The van der Waals surface area contributed by atoms with Crippen molar-refractivity contribution in [2.24, 2.45) is 0 Å². The Kier molecular flexibility index (Phi) is 9.21. The number of H-pyrrole nitrogens is 1. The Morgan fingerprint density at radius 2 is 1.68 bits per heavy atom. The summed E-state index contributed by atoms with van der Waals surface area (Å²) in [6.45, 7) is 0.127. The Hall–Kier alpha value is -3.77. The molecule has 0 unspecified atom stereocenters. The maximum Gasteiger partial charge on any atom is 0.326 e. The van der Waals surface area contributed by atoms with Crippen LogP contribution in [0.2, 0.25) is 0 Å². The molecular weight excluding hydrogens is 552 g/mol. The first-order chi connectivity index (χ1) is 19.1. The van der Waals surface area contributed by atoms with E-state index in [4.69, 9.17) is 0 Å². The third kappa shape index (κ3) is 6.02. The molecule has 0 radical (unpaired) electrons. The molecule has 0 spiro atoms. The number of amides is 4. The number of aromatic amines is 1. The van der Waals surface area contributed by atoms with Gasteiger partial charge in [0, 0.05) is 42.9 Å². The number of para-hydroxylation sites is 1. The van der Waals surface area contributed by atoms with Gasteiger partial charge in [0.25, 0.3) is 11.8 Å². The number of aliphatic carboxylic acids is 1. The number of aromatic nitrogens is 1. The zero-order chi connectivity index (χ0) is 29.0. The van der Waals surface area contributed by atoms with Crippen LogP contribution in [0.4, 0.5) is 0 Å². The van der Waals surface area contributed by atoms with E-state index in [2.05, 4.69) is 35.6 Å². The normalized spacial score (nSPS) is 15.0. The second kappa shape index (κ2) is 12.6. The van der Waals surface area contributed by atoms with Gasteiger partial charge in [0.2, 0.25) is 11.8 Å². The van der Waals surface area contributed by atoms with Crippen LogP contribution in [0.1, 0.15) is 39.1 Å². The Morgan fingerprint density at radius 3 is 2.30 bits per heavy atom. The molecule has 0 saturated heterocycles. The first kappa shape index (κ1) is 29.2. The summed E-state index contributed by atoms with van der Waals surface area (Å²) in [7, 11) is 1.39. The topological polar surface area (TPSA) is 140 Å². The predicted molar refractivity (Wildman–Crippen MR) is 156 cm³/mol. The lowest BCUT2D eigenvalue weighted by Crippen LogP contribution is -2.54. The number of thiol groups is 2. The van der Waals surface area contributed by atoms with Crippen molar-refractivity contribution in [1.29, 1.82) is 0 Å². The van der Waals surface area contributed by atoms with Crippen molar-refractivity contribution in [1.82, 2.24) is 20.1 Å². The number of rotatable bonds is 12. The van der Waals surface area contributed by atoms with Gasteiger partial charge in [-0.1, -0.05) is 30.3 Å². The summed E-state index contributed by atoms with van der Waals surface area (Å²) in [5.74, 6) is -3.10. The largest absolute Gasteiger partial charge is 0.480 e. The van der Waals surface area contributed by atoms with Crippen LogP contribution in [-0.2, 0) is 20.8 Å². The summed E-state index contributed by atoms with van der Waals surface area (Å²) in [5.41, 5.74) is 2.33. The fourth-order valence-corrected chi connectivity index (χ4v) is 5.27. The number of likely N-dealkylation sites (N-methyl/N-ethyl adjacent to an activating group) is 1. The maximum absolute atomic E-state index is 13.2. The molecule has 210 valence electrons. The highest BCUT2D eigenvalue weighted by molar-refractivity contribution is 7.81. The van der Waals surface area contributed by atoms with Crippen LogP contribution < -0.4 is 5.32 Å². The van der Waals surface area contributed by atoms with Gasteiger partial charge >= 0.3 is 5.97 Å². The average molecular weight is 583 g/mol. The van der Waals surface area contributed by atoms with E-state index in [1.165, 1.54) is 7.05 Å². The van der Waals surface area contributed by atoms with Crippen LogP contribution >= 0.6 is 25.3 Å². The molecule has 0 fully saturated rings. The zero-order valence-corrected chi connectivity index (χ0v) is 23.5. The molecule has 0 aliphatic carbocycles. The second-order valence-electron chi connectivity index (χ2n) is 9.58. The van der Waals surface area contributed by atoms with Crippen LogP contribution in [0, 0.1) is 0 Å². The van der Waals surface area contributed by atoms with Crippen LogP contribution in [0.25, 0.3) is 10.9 Å². The minimum absolute atomic E-state index is 0.0517. The number of carbonyl (C=O) groups excluding carboxylic acids is 4. The van der Waals surface area contributed by atoms with E-state index in [-0.39, 0.29) is 37.0 Å². The summed E-state index contributed by atoms with van der Waals surface area (Å²) in [6.07, 6.45) is 2.37. The molecule has 0 bridgehead atoms. The van der Waals surface area contributed by atoms with Crippen molar-refractivity contribution in [3.8, 4) is 0 Å². The Labute approximate surface area is 241 Å². The number of hydrogen-bond acceptors (Lipinski definition) is 7. The SMILES string of the molecule is CN(C(=O)[C@@H](CS)NC(=O)[C@@H](S)CCCN1C(=O)c2ccccc2C1=O)[C@@H](Cc1c[nH]c2ccccc12)C(=O)O. The Morgan fingerprint density at radius 1 is 1.05 bits per heavy atom. The van der Waals surface area contributed by atoms with Gasteiger partial charge in [-0.15, -0.1) is 0 Å². The lowest BCUT2D eigenvalue weighted by Gasteiger charge is -2.29. The molecule has 1 aromatic heterocycles. The average Bonchev–Trinajstić information content (AvgIpc) is 3.47. The van der Waals surface area contributed by atoms with Crippen molar-refractivity contribution in [2.45, 2.75) is 36.6 Å². The van der Waals surface area contributed by atoms with Gasteiger partial charge in [-0.3, -0.25) is 24.1 Å². The molecule has 10 nitrogen and oxygen atoms in total. The number of nitrogens with one attached hydrogen (secondary N) is 2. The molecule has 1 aliphatic rings. The van der Waals surface area contributed by atoms with Crippen molar-refractivity contribution in [3.63, 3.8) is 0 Å². The maximum atomic E-state index is 13.2. The Bertz CT molecular complexity index is 1420. The van der Waals surface area contributed by atoms with Gasteiger partial charge < -0.3 is 20.3 Å².